The van der Waals surface area contributed by atoms with Crippen LogP contribution in [0, 0.1) is 5.41 Å². The van der Waals surface area contributed by atoms with E-state index in [1.807, 2.05) is 0 Å². The fraction of sp³-hybridized carbons (Fsp3) is 0.583. The van der Waals surface area contributed by atoms with E-state index in [0.29, 0.717) is 12.4 Å². The third-order valence-corrected chi connectivity index (χ3v) is 2.27. The number of aromatic nitrogens is 1. The van der Waals surface area contributed by atoms with Crippen molar-refractivity contribution in [2.45, 2.75) is 33.4 Å². The number of anilines is 1. The van der Waals surface area contributed by atoms with E-state index in [2.05, 4.69) is 31.1 Å². The highest BCUT2D eigenvalue weighted by Gasteiger charge is 2.30. The molecule has 0 bridgehead atoms. The lowest BCUT2D eigenvalue weighted by atomic mass is 9.92. The maximum absolute atomic E-state index is 12.3. The van der Waals surface area contributed by atoms with Crippen molar-refractivity contribution < 1.29 is 13.2 Å². The molecule has 1 rings (SSSR count). The van der Waals surface area contributed by atoms with E-state index in [4.69, 9.17) is 0 Å². The second kappa shape index (κ2) is 4.94. The van der Waals surface area contributed by atoms with Crippen LogP contribution in [0.1, 0.15) is 32.8 Å². The number of nitrogens with one attached hydrogen (secondary N) is 1. The van der Waals surface area contributed by atoms with Gasteiger partial charge in [0.1, 0.15) is 5.82 Å². The lowest BCUT2D eigenvalue weighted by molar-refractivity contribution is -0.137. The lowest BCUT2D eigenvalue weighted by Gasteiger charge is -2.18. The van der Waals surface area contributed by atoms with Gasteiger partial charge in [0.25, 0.3) is 0 Å². The van der Waals surface area contributed by atoms with E-state index < -0.39 is 11.7 Å². The molecule has 0 atom stereocenters. The molecule has 96 valence electrons. The van der Waals surface area contributed by atoms with Crippen molar-refractivity contribution in [3.8, 4) is 0 Å². The normalized spacial score (nSPS) is 12.6. The number of pyridine rings is 1. The van der Waals surface area contributed by atoms with Crippen molar-refractivity contribution in [2.75, 3.05) is 11.9 Å². The van der Waals surface area contributed by atoms with Crippen molar-refractivity contribution in [2.24, 2.45) is 5.41 Å². The Morgan fingerprint density at radius 1 is 1.18 bits per heavy atom. The van der Waals surface area contributed by atoms with Gasteiger partial charge >= 0.3 is 6.18 Å². The molecule has 0 fully saturated rings. The second-order valence-electron chi connectivity index (χ2n) is 5.17. The molecule has 1 aromatic rings. The van der Waals surface area contributed by atoms with Gasteiger partial charge in [-0.05, 0) is 24.0 Å². The lowest BCUT2D eigenvalue weighted by Crippen LogP contribution is -2.13. The van der Waals surface area contributed by atoms with E-state index in [-0.39, 0.29) is 5.41 Å². The van der Waals surface area contributed by atoms with Gasteiger partial charge in [0, 0.05) is 12.7 Å². The van der Waals surface area contributed by atoms with Crippen LogP contribution in [-0.4, -0.2) is 11.5 Å². The van der Waals surface area contributed by atoms with Gasteiger partial charge in [-0.15, -0.1) is 0 Å². The van der Waals surface area contributed by atoms with Gasteiger partial charge in [-0.25, -0.2) is 4.98 Å². The monoisotopic (exact) mass is 246 g/mol. The molecule has 0 amide bonds. The van der Waals surface area contributed by atoms with Gasteiger partial charge in [0.15, 0.2) is 0 Å². The van der Waals surface area contributed by atoms with Gasteiger partial charge in [0.05, 0.1) is 5.56 Å². The summed E-state index contributed by atoms with van der Waals surface area (Å²) in [6, 6.07) is 2.39. The summed E-state index contributed by atoms with van der Waals surface area (Å²) in [5.41, 5.74) is -0.530. The van der Waals surface area contributed by atoms with Crippen LogP contribution in [0.15, 0.2) is 18.3 Å². The maximum Gasteiger partial charge on any atom is 0.417 e. The number of rotatable bonds is 3. The zero-order valence-electron chi connectivity index (χ0n) is 10.2. The Kier molecular flexibility index (Phi) is 4.01. The van der Waals surface area contributed by atoms with Crippen LogP contribution < -0.4 is 5.32 Å². The summed E-state index contributed by atoms with van der Waals surface area (Å²) in [5.74, 6) is 0.474. The molecule has 1 N–H and O–H groups in total. The molecule has 0 radical (unpaired) electrons. The molecule has 0 aromatic carbocycles. The van der Waals surface area contributed by atoms with Gasteiger partial charge in [0.2, 0.25) is 0 Å². The predicted molar refractivity (Wildman–Crippen MR) is 61.8 cm³/mol. The molecule has 0 saturated carbocycles. The first-order valence-corrected chi connectivity index (χ1v) is 5.46. The number of halogens is 3. The van der Waals surface area contributed by atoms with E-state index in [9.17, 15) is 13.2 Å². The van der Waals surface area contributed by atoms with Crippen LogP contribution in [0.25, 0.3) is 0 Å². The molecule has 0 aliphatic carbocycles. The summed E-state index contributed by atoms with van der Waals surface area (Å²) in [6.45, 7) is 7.01. The van der Waals surface area contributed by atoms with Crippen molar-refractivity contribution in [3.05, 3.63) is 23.9 Å². The molecule has 2 nitrogen and oxygen atoms in total. The van der Waals surface area contributed by atoms with E-state index in [1.165, 1.54) is 6.07 Å². The standard InChI is InChI=1S/C12H17F3N2/c1-11(2,3)6-7-16-10-5-4-9(8-17-10)12(13,14)15/h4-5,8H,6-7H2,1-3H3,(H,16,17). The van der Waals surface area contributed by atoms with Crippen molar-refractivity contribution in [1.82, 2.24) is 4.98 Å². The SMILES string of the molecule is CC(C)(C)CCNc1ccc(C(F)(F)F)cn1. The average molecular weight is 246 g/mol. The Morgan fingerprint density at radius 2 is 1.82 bits per heavy atom. The van der Waals surface area contributed by atoms with Crippen molar-refractivity contribution in [1.29, 1.82) is 0 Å². The highest BCUT2D eigenvalue weighted by molar-refractivity contribution is 5.36. The van der Waals surface area contributed by atoms with Crippen LogP contribution in [0.4, 0.5) is 19.0 Å². The molecule has 1 heterocycles. The van der Waals surface area contributed by atoms with Crippen LogP contribution in [0.2, 0.25) is 0 Å². The molecular formula is C12H17F3N2. The minimum atomic E-state index is -4.32. The molecule has 17 heavy (non-hydrogen) atoms. The van der Waals surface area contributed by atoms with Crippen molar-refractivity contribution in [3.63, 3.8) is 0 Å². The van der Waals surface area contributed by atoms with E-state index in [1.54, 1.807) is 0 Å². The third kappa shape index (κ3) is 5.06. The zero-order chi connectivity index (χ0) is 13.1. The molecule has 5 heteroatoms. The van der Waals surface area contributed by atoms with Gasteiger partial charge in [-0.1, -0.05) is 20.8 Å². The zero-order valence-corrected chi connectivity index (χ0v) is 10.2. The highest BCUT2D eigenvalue weighted by atomic mass is 19.4. The van der Waals surface area contributed by atoms with Gasteiger partial charge in [-0.2, -0.15) is 13.2 Å². The Balaban J connectivity index is 2.52. The molecular weight excluding hydrogens is 229 g/mol. The quantitative estimate of drug-likeness (QED) is 0.873. The minimum absolute atomic E-state index is 0.193. The fourth-order valence-electron chi connectivity index (χ4n) is 1.23. The fourth-order valence-corrected chi connectivity index (χ4v) is 1.23. The minimum Gasteiger partial charge on any atom is -0.370 e. The topological polar surface area (TPSA) is 24.9 Å². The number of alkyl halides is 3. The number of nitrogens with zero attached hydrogens (tertiary/aromatic N) is 1. The number of hydrogen-bond donors (Lipinski definition) is 1. The Bertz CT molecular complexity index is 349. The first kappa shape index (κ1) is 13.8. The van der Waals surface area contributed by atoms with Gasteiger partial charge in [-0.3, -0.25) is 0 Å². The molecule has 0 saturated heterocycles. The van der Waals surface area contributed by atoms with Crippen LogP contribution >= 0.6 is 0 Å². The Labute approximate surface area is 99.3 Å². The Hall–Kier alpha value is -1.26. The summed E-state index contributed by atoms with van der Waals surface area (Å²) in [7, 11) is 0. The van der Waals surface area contributed by atoms with E-state index in [0.717, 1.165) is 18.7 Å². The largest absolute Gasteiger partial charge is 0.417 e. The number of hydrogen-bond acceptors (Lipinski definition) is 2. The average Bonchev–Trinajstić information content (AvgIpc) is 2.15. The molecule has 0 spiro atoms. The maximum atomic E-state index is 12.3. The summed E-state index contributed by atoms with van der Waals surface area (Å²) < 4.78 is 36.8. The molecule has 0 unspecified atom stereocenters. The molecule has 0 aliphatic rings. The van der Waals surface area contributed by atoms with Crippen LogP contribution in [0.3, 0.4) is 0 Å². The van der Waals surface area contributed by atoms with Crippen LogP contribution in [-0.2, 0) is 6.18 Å². The summed E-state index contributed by atoms with van der Waals surface area (Å²) in [6.07, 6.45) is -2.55. The summed E-state index contributed by atoms with van der Waals surface area (Å²) >= 11 is 0. The first-order chi connectivity index (χ1) is 7.68. The highest BCUT2D eigenvalue weighted by Crippen LogP contribution is 2.28. The first-order valence-electron chi connectivity index (χ1n) is 5.46. The molecule has 1 aromatic heterocycles. The third-order valence-electron chi connectivity index (χ3n) is 2.27. The van der Waals surface area contributed by atoms with E-state index >= 15 is 0 Å². The predicted octanol–water partition coefficient (Wildman–Crippen LogP) is 3.95. The summed E-state index contributed by atoms with van der Waals surface area (Å²) in [4.78, 5) is 3.73. The smallest absolute Gasteiger partial charge is 0.370 e. The summed E-state index contributed by atoms with van der Waals surface area (Å²) in [5, 5.41) is 3.00. The molecule has 0 aliphatic heterocycles. The van der Waals surface area contributed by atoms with Crippen LogP contribution in [0.5, 0.6) is 0 Å². The van der Waals surface area contributed by atoms with Crippen molar-refractivity contribution >= 4 is 5.82 Å². The second-order valence-corrected chi connectivity index (χ2v) is 5.17. The van der Waals surface area contributed by atoms with Gasteiger partial charge < -0.3 is 5.32 Å². The Morgan fingerprint density at radius 3 is 2.24 bits per heavy atom.